The minimum Gasteiger partial charge on any atom is -0.454 e. The highest BCUT2D eigenvalue weighted by atomic mass is 32.3. The van der Waals surface area contributed by atoms with Crippen molar-refractivity contribution in [3.63, 3.8) is 0 Å². The van der Waals surface area contributed by atoms with Gasteiger partial charge in [0.2, 0.25) is 15.9 Å². The zero-order chi connectivity index (χ0) is 37.6. The first-order valence-electron chi connectivity index (χ1n) is 16.0. The third kappa shape index (κ3) is 9.92. The summed E-state index contributed by atoms with van der Waals surface area (Å²) in [5.41, 5.74) is 0.218. The highest BCUT2D eigenvalue weighted by molar-refractivity contribution is 7.96. The fourth-order valence-electron chi connectivity index (χ4n) is 5.15. The Morgan fingerprint density at radius 3 is 2.37 bits per heavy atom. The number of nitrogens with one attached hydrogen (secondary N) is 3. The van der Waals surface area contributed by atoms with Crippen molar-refractivity contribution in [2.45, 2.75) is 77.5 Å². The van der Waals surface area contributed by atoms with Crippen LogP contribution in [-0.4, -0.2) is 67.9 Å². The molecule has 4 rings (SSSR count). The summed E-state index contributed by atoms with van der Waals surface area (Å²) >= 11 is 0.555. The van der Waals surface area contributed by atoms with Crippen LogP contribution in [0.2, 0.25) is 0 Å². The number of unbranched alkanes of at least 4 members (excludes halogenated alkanes) is 1. The maximum Gasteiger partial charge on any atom is 0.338 e. The molecule has 0 fully saturated rings. The number of sulfonamides is 2. The van der Waals surface area contributed by atoms with Gasteiger partial charge in [-0.3, -0.25) is 9.59 Å². The Morgan fingerprint density at radius 2 is 1.73 bits per heavy atom. The van der Waals surface area contributed by atoms with Crippen LogP contribution in [0.1, 0.15) is 74.8 Å². The number of primary sulfonamides is 1. The second-order valence-electron chi connectivity index (χ2n) is 11.7. The Morgan fingerprint density at radius 1 is 1.02 bits per heavy atom. The first kappa shape index (κ1) is 39.9. The van der Waals surface area contributed by atoms with Gasteiger partial charge in [0.1, 0.15) is 25.7 Å². The predicted octanol–water partition coefficient (Wildman–Crippen LogP) is 3.63. The van der Waals surface area contributed by atoms with E-state index in [1.54, 1.807) is 37.3 Å². The van der Waals surface area contributed by atoms with Gasteiger partial charge in [0.15, 0.2) is 21.4 Å². The van der Waals surface area contributed by atoms with Crippen LogP contribution in [0.25, 0.3) is 0 Å². The highest BCUT2D eigenvalue weighted by Gasteiger charge is 2.39. The fraction of sp³-hybridized carbons (Fsp3) is 0.406. The van der Waals surface area contributed by atoms with E-state index in [-0.39, 0.29) is 37.9 Å². The lowest BCUT2D eigenvalue weighted by Gasteiger charge is -2.27. The third-order valence-corrected chi connectivity index (χ3v) is 14.5. The number of amides is 1. The molecule has 2 atom stereocenters. The van der Waals surface area contributed by atoms with E-state index >= 15 is 0 Å². The molecule has 0 saturated heterocycles. The second kappa shape index (κ2) is 16.6. The molecule has 0 spiro atoms. The summed E-state index contributed by atoms with van der Waals surface area (Å²) in [6.07, 6.45) is 0.703. The number of fused-ring (bicyclic) bond motifs is 1. The van der Waals surface area contributed by atoms with Gasteiger partial charge in [0.05, 0.1) is 16.5 Å². The summed E-state index contributed by atoms with van der Waals surface area (Å²) in [5, 5.41) is 11.0. The number of carbonyl (C=O) groups excluding carboxylic acids is 3. The minimum absolute atomic E-state index is 0.0737. The molecule has 1 amide bonds. The Bertz CT molecular complexity index is 2100. The Balaban J connectivity index is 1.42. The number of nitrogens with two attached hydrogens (primary N) is 1. The van der Waals surface area contributed by atoms with Gasteiger partial charge in [0, 0.05) is 31.0 Å². The van der Waals surface area contributed by atoms with E-state index in [1.165, 1.54) is 12.1 Å². The zero-order valence-electron chi connectivity index (χ0n) is 28.1. The highest BCUT2D eigenvalue weighted by Crippen LogP contribution is 2.43. The molecule has 1 aliphatic heterocycles. The van der Waals surface area contributed by atoms with E-state index in [0.717, 1.165) is 12.5 Å². The number of carbonyl (C=O) groups is 3. The van der Waals surface area contributed by atoms with Crippen LogP contribution in [0.15, 0.2) is 61.8 Å². The number of esters is 1. The van der Waals surface area contributed by atoms with Crippen molar-refractivity contribution in [3.8, 4) is 11.5 Å². The maximum absolute atomic E-state index is 13.0. The van der Waals surface area contributed by atoms with Crippen LogP contribution in [0.4, 0.5) is 5.69 Å². The van der Waals surface area contributed by atoms with Crippen LogP contribution >= 0.6 is 11.3 Å². The molecule has 19 heteroatoms. The largest absolute Gasteiger partial charge is 0.454 e. The average Bonchev–Trinajstić information content (AvgIpc) is 3.54. The molecular weight excluding hydrogens is 745 g/mol. The third-order valence-electron chi connectivity index (χ3n) is 7.80. The first-order chi connectivity index (χ1) is 24.0. The SMILES string of the molecule is CCCCNc1cc(C(=O)OCC(=O)CCC(=O)NS(=O)(=O)c2cc3c(s2)S(=O)(=O)[C@@H](C)C[C@@H]3NCC)cc(S(N)(=O)=O)c1Oc1ccccc1. The molecule has 0 saturated carbocycles. The molecule has 1 aliphatic rings. The molecule has 0 unspecified atom stereocenters. The van der Waals surface area contributed by atoms with E-state index in [2.05, 4.69) is 10.6 Å². The maximum atomic E-state index is 13.0. The number of para-hydroxylation sites is 1. The van der Waals surface area contributed by atoms with Crippen molar-refractivity contribution >= 4 is 64.6 Å². The van der Waals surface area contributed by atoms with E-state index < -0.39 is 77.1 Å². The topological polar surface area (TPSA) is 234 Å². The lowest BCUT2D eigenvalue weighted by molar-refractivity contribution is -0.126. The van der Waals surface area contributed by atoms with Crippen LogP contribution in [0.3, 0.4) is 0 Å². The summed E-state index contributed by atoms with van der Waals surface area (Å²) in [4.78, 5) is 37.6. The van der Waals surface area contributed by atoms with E-state index in [9.17, 15) is 39.6 Å². The Kier molecular flexibility index (Phi) is 13.0. The monoisotopic (exact) mass is 784 g/mol. The summed E-state index contributed by atoms with van der Waals surface area (Å²) < 4.78 is 89.4. The van der Waals surface area contributed by atoms with Crippen molar-refractivity contribution < 1.29 is 49.1 Å². The molecule has 5 N–H and O–H groups in total. The number of hydrogen-bond acceptors (Lipinski definition) is 14. The fourth-order valence-corrected chi connectivity index (χ4v) is 10.9. The molecular formula is C32H40N4O11S4. The molecule has 1 aromatic heterocycles. The summed E-state index contributed by atoms with van der Waals surface area (Å²) in [5.74, 6) is -2.64. The van der Waals surface area contributed by atoms with Crippen molar-refractivity contribution in [1.82, 2.24) is 10.0 Å². The molecule has 0 bridgehead atoms. The van der Waals surface area contributed by atoms with Gasteiger partial charge in [0.25, 0.3) is 10.0 Å². The lowest BCUT2D eigenvalue weighted by Crippen LogP contribution is -2.33. The standard InChI is InChI=1S/C32H40N4O11S4/c1-4-6-14-35-26-16-21(17-27(50(33,42)43)30(26)47-23-10-8-7-9-11-23)31(39)46-19-22(37)12-13-28(38)36-51(44,45)29-18-24-25(34-5-2)15-20(3)49(40,41)32(24)48-29/h7-11,16-18,20,25,34-35H,4-6,12-15,19H2,1-3H3,(H,36,38)(H2,33,42,43)/t20-,25-/m0/s1. The summed E-state index contributed by atoms with van der Waals surface area (Å²) in [6, 6.07) is 11.5. The molecule has 51 heavy (non-hydrogen) atoms. The average molecular weight is 785 g/mol. The number of ether oxygens (including phenoxy) is 2. The number of thiophene rings is 1. The van der Waals surface area contributed by atoms with Crippen molar-refractivity contribution in [2.24, 2.45) is 5.14 Å². The van der Waals surface area contributed by atoms with E-state index in [4.69, 9.17) is 14.6 Å². The van der Waals surface area contributed by atoms with Gasteiger partial charge >= 0.3 is 5.97 Å². The second-order valence-corrected chi connectivity index (χ2v) is 18.8. The number of rotatable bonds is 17. The molecule has 15 nitrogen and oxygen atoms in total. The van der Waals surface area contributed by atoms with Gasteiger partial charge in [-0.1, -0.05) is 38.5 Å². The van der Waals surface area contributed by atoms with Crippen LogP contribution in [-0.2, 0) is 44.2 Å². The number of Topliss-reactive ketones (excluding diaryl/α,β-unsaturated/α-hetero) is 1. The van der Waals surface area contributed by atoms with Crippen LogP contribution in [0.5, 0.6) is 11.5 Å². The molecule has 278 valence electrons. The van der Waals surface area contributed by atoms with Gasteiger partial charge in [-0.05, 0) is 56.6 Å². The summed E-state index contributed by atoms with van der Waals surface area (Å²) in [6.45, 7) is 5.48. The van der Waals surface area contributed by atoms with E-state index in [0.29, 0.717) is 42.2 Å². The number of benzene rings is 2. The Labute approximate surface area is 301 Å². The normalized spacial score (nSPS) is 16.9. The van der Waals surface area contributed by atoms with Gasteiger partial charge in [-0.15, -0.1) is 11.3 Å². The summed E-state index contributed by atoms with van der Waals surface area (Å²) in [7, 11) is -12.7. The van der Waals surface area contributed by atoms with Gasteiger partial charge in [-0.2, -0.15) is 0 Å². The lowest BCUT2D eigenvalue weighted by atomic mass is 10.1. The first-order valence-corrected chi connectivity index (χ1v) is 21.4. The number of anilines is 1. The van der Waals surface area contributed by atoms with E-state index in [1.807, 2.05) is 18.6 Å². The number of ketones is 1. The van der Waals surface area contributed by atoms with Crippen molar-refractivity contribution in [1.29, 1.82) is 0 Å². The molecule has 0 radical (unpaired) electrons. The van der Waals surface area contributed by atoms with Gasteiger partial charge < -0.3 is 20.1 Å². The van der Waals surface area contributed by atoms with Crippen LogP contribution in [0, 0.1) is 0 Å². The van der Waals surface area contributed by atoms with Gasteiger partial charge in [-0.25, -0.2) is 39.9 Å². The minimum atomic E-state index is -4.47. The van der Waals surface area contributed by atoms with Crippen molar-refractivity contribution in [3.05, 3.63) is 59.7 Å². The number of hydrogen-bond donors (Lipinski definition) is 4. The molecule has 0 aliphatic carbocycles. The number of sulfone groups is 1. The Hall–Kier alpha value is -3.88. The van der Waals surface area contributed by atoms with Crippen molar-refractivity contribution in [2.75, 3.05) is 25.0 Å². The molecule has 2 aromatic carbocycles. The van der Waals surface area contributed by atoms with Crippen LogP contribution < -0.4 is 25.2 Å². The molecule has 2 heterocycles. The quantitative estimate of drug-likeness (QED) is 0.113. The zero-order valence-corrected chi connectivity index (χ0v) is 31.4. The smallest absolute Gasteiger partial charge is 0.338 e. The predicted molar refractivity (Wildman–Crippen MR) is 190 cm³/mol. The molecule has 3 aromatic rings.